The molecule has 5 heteroatoms. The number of hydrogen-bond donors (Lipinski definition) is 2. The molecule has 5 nitrogen and oxygen atoms in total. The third kappa shape index (κ3) is 4.94. The van der Waals surface area contributed by atoms with E-state index in [4.69, 9.17) is 4.74 Å². The molecule has 1 heterocycles. The molecule has 1 aliphatic heterocycles. The monoisotopic (exact) mass is 341 g/mol. The van der Waals surface area contributed by atoms with Gasteiger partial charge in [-0.25, -0.2) is 4.79 Å². The summed E-state index contributed by atoms with van der Waals surface area (Å²) in [5.41, 5.74) is 0.821. The quantitative estimate of drug-likeness (QED) is 0.877. The predicted molar refractivity (Wildman–Crippen MR) is 102 cm³/mol. The molecular weight excluding hydrogens is 314 g/mol. The Bertz CT molecular complexity index is 712. The fourth-order valence-corrected chi connectivity index (χ4v) is 3.29. The van der Waals surface area contributed by atoms with E-state index in [1.54, 1.807) is 0 Å². The van der Waals surface area contributed by atoms with E-state index in [-0.39, 0.29) is 12.1 Å². The van der Waals surface area contributed by atoms with E-state index in [1.165, 1.54) is 0 Å². The van der Waals surface area contributed by atoms with E-state index in [1.807, 2.05) is 42.5 Å². The maximum absolute atomic E-state index is 12.3. The highest BCUT2D eigenvalue weighted by Gasteiger charge is 2.21. The van der Waals surface area contributed by atoms with Crippen LogP contribution in [0.4, 0.5) is 10.5 Å². The molecule has 25 heavy (non-hydrogen) atoms. The first-order valence-electron chi connectivity index (χ1n) is 8.98. The number of hydrogen-bond acceptors (Lipinski definition) is 3. The first-order chi connectivity index (χ1) is 12.1. The first-order valence-corrected chi connectivity index (χ1v) is 8.98. The van der Waals surface area contributed by atoms with Crippen molar-refractivity contribution in [3.8, 4) is 0 Å². The Kier molecular flexibility index (Phi) is 5.89. The highest BCUT2D eigenvalue weighted by atomic mass is 16.5. The lowest BCUT2D eigenvalue weighted by molar-refractivity contribution is -0.0288. The summed E-state index contributed by atoms with van der Waals surface area (Å²) in [4.78, 5) is 14.7. The van der Waals surface area contributed by atoms with Gasteiger partial charge in [0.25, 0.3) is 0 Å². The van der Waals surface area contributed by atoms with Crippen LogP contribution in [-0.2, 0) is 4.74 Å². The largest absolute Gasteiger partial charge is 0.374 e. The minimum Gasteiger partial charge on any atom is -0.374 e. The molecule has 3 rings (SSSR count). The number of ether oxygens (including phenoxy) is 1. The SMILES string of the molecule is CC(C)CN1CCOC(CNC(=O)Nc2cccc3ccccc23)C1. The van der Waals surface area contributed by atoms with Gasteiger partial charge in [0.2, 0.25) is 0 Å². The maximum Gasteiger partial charge on any atom is 0.319 e. The number of carbonyl (C=O) groups is 1. The molecule has 2 N–H and O–H groups in total. The van der Waals surface area contributed by atoms with Gasteiger partial charge in [0.15, 0.2) is 0 Å². The highest BCUT2D eigenvalue weighted by Crippen LogP contribution is 2.22. The van der Waals surface area contributed by atoms with Gasteiger partial charge in [0.1, 0.15) is 0 Å². The number of nitrogens with one attached hydrogen (secondary N) is 2. The topological polar surface area (TPSA) is 53.6 Å². The third-order valence-corrected chi connectivity index (χ3v) is 4.37. The summed E-state index contributed by atoms with van der Waals surface area (Å²) < 4.78 is 5.78. The van der Waals surface area contributed by atoms with Gasteiger partial charge in [0, 0.05) is 31.6 Å². The Balaban J connectivity index is 1.52. The Morgan fingerprint density at radius 3 is 2.88 bits per heavy atom. The summed E-state index contributed by atoms with van der Waals surface area (Å²) in [7, 11) is 0. The molecule has 1 saturated heterocycles. The van der Waals surface area contributed by atoms with Gasteiger partial charge < -0.3 is 15.4 Å². The molecule has 0 saturated carbocycles. The van der Waals surface area contributed by atoms with Crippen molar-refractivity contribution in [3.63, 3.8) is 0 Å². The molecule has 1 unspecified atom stereocenters. The fraction of sp³-hybridized carbons (Fsp3) is 0.450. The second-order valence-corrected chi connectivity index (χ2v) is 7.01. The average molecular weight is 341 g/mol. The van der Waals surface area contributed by atoms with Crippen LogP contribution < -0.4 is 10.6 Å². The van der Waals surface area contributed by atoms with Crippen molar-refractivity contribution in [1.82, 2.24) is 10.2 Å². The molecule has 1 aliphatic rings. The van der Waals surface area contributed by atoms with Crippen molar-refractivity contribution in [2.24, 2.45) is 5.92 Å². The van der Waals surface area contributed by atoms with Gasteiger partial charge in [-0.3, -0.25) is 4.90 Å². The summed E-state index contributed by atoms with van der Waals surface area (Å²) in [6.45, 7) is 8.60. The molecule has 134 valence electrons. The number of carbonyl (C=O) groups excluding carboxylic acids is 1. The number of nitrogens with zero attached hydrogens (tertiary/aromatic N) is 1. The number of anilines is 1. The Morgan fingerprint density at radius 1 is 1.24 bits per heavy atom. The molecular formula is C20H27N3O2. The standard InChI is InChI=1S/C20H27N3O2/c1-15(2)13-23-10-11-25-17(14-23)12-21-20(24)22-19-9-5-7-16-6-3-4-8-18(16)19/h3-9,15,17H,10-14H2,1-2H3,(H2,21,22,24). The lowest BCUT2D eigenvalue weighted by Gasteiger charge is -2.33. The van der Waals surface area contributed by atoms with Gasteiger partial charge in [-0.05, 0) is 17.4 Å². The molecule has 0 radical (unpaired) electrons. The zero-order chi connectivity index (χ0) is 17.6. The molecule has 2 amide bonds. The van der Waals surface area contributed by atoms with E-state index in [9.17, 15) is 4.79 Å². The third-order valence-electron chi connectivity index (χ3n) is 4.37. The maximum atomic E-state index is 12.3. The lowest BCUT2D eigenvalue weighted by Crippen LogP contribution is -2.48. The zero-order valence-electron chi connectivity index (χ0n) is 15.0. The Labute approximate surface area is 149 Å². The number of amides is 2. The second kappa shape index (κ2) is 8.32. The van der Waals surface area contributed by atoms with Crippen LogP contribution >= 0.6 is 0 Å². The molecule has 0 aliphatic carbocycles. The van der Waals surface area contributed by atoms with Gasteiger partial charge in [-0.1, -0.05) is 50.2 Å². The summed E-state index contributed by atoms with van der Waals surface area (Å²) in [5, 5.41) is 8.04. The van der Waals surface area contributed by atoms with Gasteiger partial charge in [-0.2, -0.15) is 0 Å². The normalized spacial score (nSPS) is 18.4. The smallest absolute Gasteiger partial charge is 0.319 e. The lowest BCUT2D eigenvalue weighted by atomic mass is 10.1. The first kappa shape index (κ1) is 17.7. The molecule has 1 fully saturated rings. The van der Waals surface area contributed by atoms with Crippen LogP contribution in [0.5, 0.6) is 0 Å². The van der Waals surface area contributed by atoms with Gasteiger partial charge in [0.05, 0.1) is 18.4 Å². The number of fused-ring (bicyclic) bond motifs is 1. The van der Waals surface area contributed by atoms with Crippen molar-refractivity contribution in [1.29, 1.82) is 0 Å². The average Bonchev–Trinajstić information content (AvgIpc) is 2.60. The predicted octanol–water partition coefficient (Wildman–Crippen LogP) is 3.32. The van der Waals surface area contributed by atoms with Crippen LogP contribution in [0.3, 0.4) is 0 Å². The van der Waals surface area contributed by atoms with Crippen molar-refractivity contribution in [2.45, 2.75) is 20.0 Å². The van der Waals surface area contributed by atoms with E-state index < -0.39 is 0 Å². The van der Waals surface area contributed by atoms with Crippen LogP contribution in [-0.4, -0.2) is 49.8 Å². The number of urea groups is 1. The van der Waals surface area contributed by atoms with Crippen molar-refractivity contribution < 1.29 is 9.53 Å². The minimum atomic E-state index is -0.194. The number of rotatable bonds is 5. The summed E-state index contributed by atoms with van der Waals surface area (Å²) in [5.74, 6) is 0.640. The molecule has 1 atom stereocenters. The van der Waals surface area contributed by atoms with Crippen LogP contribution in [0.25, 0.3) is 10.8 Å². The van der Waals surface area contributed by atoms with Crippen LogP contribution in [0, 0.1) is 5.92 Å². The second-order valence-electron chi connectivity index (χ2n) is 7.01. The van der Waals surface area contributed by atoms with E-state index >= 15 is 0 Å². The van der Waals surface area contributed by atoms with Crippen molar-refractivity contribution >= 4 is 22.5 Å². The summed E-state index contributed by atoms with van der Waals surface area (Å²) in [6.07, 6.45) is 0.0470. The summed E-state index contributed by atoms with van der Waals surface area (Å²) in [6, 6.07) is 13.7. The molecule has 2 aromatic carbocycles. The van der Waals surface area contributed by atoms with Crippen molar-refractivity contribution in [2.75, 3.05) is 38.1 Å². The molecule has 0 bridgehead atoms. The highest BCUT2D eigenvalue weighted by molar-refractivity contribution is 6.01. The Hall–Kier alpha value is -2.11. The van der Waals surface area contributed by atoms with Gasteiger partial charge in [-0.15, -0.1) is 0 Å². The number of morpholine rings is 1. The van der Waals surface area contributed by atoms with Gasteiger partial charge >= 0.3 is 6.03 Å². The molecule has 2 aromatic rings. The molecule has 0 spiro atoms. The van der Waals surface area contributed by atoms with E-state index in [0.717, 1.165) is 42.7 Å². The number of benzene rings is 2. The van der Waals surface area contributed by atoms with E-state index in [2.05, 4.69) is 29.4 Å². The minimum absolute atomic E-state index is 0.0470. The summed E-state index contributed by atoms with van der Waals surface area (Å²) >= 11 is 0. The van der Waals surface area contributed by atoms with Crippen LogP contribution in [0.2, 0.25) is 0 Å². The Morgan fingerprint density at radius 2 is 2.04 bits per heavy atom. The van der Waals surface area contributed by atoms with E-state index in [0.29, 0.717) is 12.5 Å². The van der Waals surface area contributed by atoms with Crippen molar-refractivity contribution in [3.05, 3.63) is 42.5 Å². The zero-order valence-corrected chi connectivity index (χ0v) is 15.0. The fourth-order valence-electron chi connectivity index (χ4n) is 3.29. The van der Waals surface area contributed by atoms with Crippen LogP contribution in [0.1, 0.15) is 13.8 Å². The molecule has 0 aromatic heterocycles. The van der Waals surface area contributed by atoms with Crippen LogP contribution in [0.15, 0.2) is 42.5 Å².